The van der Waals surface area contributed by atoms with Gasteiger partial charge in [0.05, 0.1) is 0 Å². The molecule has 0 unspecified atom stereocenters. The Balaban J connectivity index is 1.73. The Kier molecular flexibility index (Phi) is 2.94. The lowest BCUT2D eigenvalue weighted by atomic mass is 10.2. The van der Waals surface area contributed by atoms with Crippen LogP contribution in [0.2, 0.25) is 5.02 Å². The van der Waals surface area contributed by atoms with Crippen LogP contribution in [0.5, 0.6) is 0 Å². The Bertz CT molecular complexity index is 553. The summed E-state index contributed by atoms with van der Waals surface area (Å²) in [6.45, 7) is 0. The summed E-state index contributed by atoms with van der Waals surface area (Å²) in [6, 6.07) is 11.9. The fraction of sp³-hybridized carbons (Fsp3) is 0.214. The SMILES string of the molecule is N[C@@H]1C[C@H]1c1ccc(Nc2cccc(Cl)c2)nc1. The van der Waals surface area contributed by atoms with E-state index in [-0.39, 0.29) is 0 Å². The fourth-order valence-electron chi connectivity index (χ4n) is 2.01. The number of hydrogen-bond acceptors (Lipinski definition) is 3. The summed E-state index contributed by atoms with van der Waals surface area (Å²) < 4.78 is 0. The zero-order valence-electron chi connectivity index (χ0n) is 9.81. The number of benzene rings is 1. The first-order valence-corrected chi connectivity index (χ1v) is 6.34. The van der Waals surface area contributed by atoms with Crippen LogP contribution < -0.4 is 11.1 Å². The molecule has 0 radical (unpaired) electrons. The molecular formula is C14H14ClN3. The molecule has 1 aromatic heterocycles. The standard InChI is InChI=1S/C14H14ClN3/c15-10-2-1-3-11(6-10)18-14-5-4-9(8-17-14)12-7-13(12)16/h1-6,8,12-13H,7,16H2,(H,17,18)/t12-,13+/m0/s1. The Morgan fingerprint density at radius 1 is 1.28 bits per heavy atom. The van der Waals surface area contributed by atoms with Gasteiger partial charge in [0.25, 0.3) is 0 Å². The van der Waals surface area contributed by atoms with Crippen LogP contribution in [-0.2, 0) is 0 Å². The Labute approximate surface area is 111 Å². The number of hydrogen-bond donors (Lipinski definition) is 2. The minimum Gasteiger partial charge on any atom is -0.340 e. The van der Waals surface area contributed by atoms with Crippen molar-refractivity contribution in [3.63, 3.8) is 0 Å². The topological polar surface area (TPSA) is 50.9 Å². The maximum absolute atomic E-state index is 5.93. The van der Waals surface area contributed by atoms with Gasteiger partial charge in [0, 0.05) is 28.9 Å². The predicted octanol–water partition coefficient (Wildman–Crippen LogP) is 3.29. The maximum atomic E-state index is 5.93. The number of nitrogens with one attached hydrogen (secondary N) is 1. The van der Waals surface area contributed by atoms with Crippen LogP contribution >= 0.6 is 11.6 Å². The lowest BCUT2D eigenvalue weighted by molar-refractivity contribution is 0.981. The summed E-state index contributed by atoms with van der Waals surface area (Å²) in [5, 5.41) is 3.92. The normalized spacial score (nSPS) is 21.7. The van der Waals surface area contributed by atoms with E-state index in [4.69, 9.17) is 17.3 Å². The van der Waals surface area contributed by atoms with E-state index in [0.29, 0.717) is 17.0 Å². The minimum absolute atomic E-state index is 0.318. The quantitative estimate of drug-likeness (QED) is 0.889. The summed E-state index contributed by atoms with van der Waals surface area (Å²) in [5.74, 6) is 1.31. The molecule has 0 saturated heterocycles. The van der Waals surface area contributed by atoms with Gasteiger partial charge >= 0.3 is 0 Å². The van der Waals surface area contributed by atoms with Gasteiger partial charge < -0.3 is 11.1 Å². The van der Waals surface area contributed by atoms with Crippen molar-refractivity contribution < 1.29 is 0 Å². The van der Waals surface area contributed by atoms with Crippen molar-refractivity contribution in [2.45, 2.75) is 18.4 Å². The third kappa shape index (κ3) is 2.47. The van der Waals surface area contributed by atoms with E-state index < -0.39 is 0 Å². The summed E-state index contributed by atoms with van der Waals surface area (Å²) in [6.07, 6.45) is 2.97. The Morgan fingerprint density at radius 2 is 2.11 bits per heavy atom. The van der Waals surface area contributed by atoms with Crippen molar-refractivity contribution in [1.29, 1.82) is 0 Å². The zero-order chi connectivity index (χ0) is 12.5. The van der Waals surface area contributed by atoms with E-state index in [2.05, 4.69) is 16.4 Å². The molecule has 18 heavy (non-hydrogen) atoms. The van der Waals surface area contributed by atoms with Crippen molar-refractivity contribution >= 4 is 23.1 Å². The van der Waals surface area contributed by atoms with E-state index in [1.165, 1.54) is 5.56 Å². The first kappa shape index (κ1) is 11.5. The molecule has 0 spiro atoms. The first-order valence-electron chi connectivity index (χ1n) is 5.96. The maximum Gasteiger partial charge on any atom is 0.130 e. The second-order valence-corrected chi connectivity index (χ2v) is 5.05. The Morgan fingerprint density at radius 3 is 2.72 bits per heavy atom. The van der Waals surface area contributed by atoms with Crippen molar-refractivity contribution in [3.8, 4) is 0 Å². The average Bonchev–Trinajstić information content (AvgIpc) is 3.07. The third-order valence-electron chi connectivity index (χ3n) is 3.15. The van der Waals surface area contributed by atoms with Gasteiger partial charge in [-0.25, -0.2) is 4.98 Å². The number of nitrogens with zero attached hydrogens (tertiary/aromatic N) is 1. The smallest absolute Gasteiger partial charge is 0.130 e. The molecular weight excluding hydrogens is 246 g/mol. The van der Waals surface area contributed by atoms with Crippen LogP contribution in [0.15, 0.2) is 42.6 Å². The van der Waals surface area contributed by atoms with E-state index in [9.17, 15) is 0 Å². The molecule has 1 fully saturated rings. The van der Waals surface area contributed by atoms with Crippen molar-refractivity contribution in [2.24, 2.45) is 5.73 Å². The molecule has 2 aromatic rings. The van der Waals surface area contributed by atoms with Crippen molar-refractivity contribution in [2.75, 3.05) is 5.32 Å². The second kappa shape index (κ2) is 4.59. The number of halogens is 1. The third-order valence-corrected chi connectivity index (χ3v) is 3.39. The molecule has 3 rings (SSSR count). The minimum atomic E-state index is 0.318. The van der Waals surface area contributed by atoms with Gasteiger partial charge in [-0.15, -0.1) is 0 Å². The van der Waals surface area contributed by atoms with Crippen molar-refractivity contribution in [3.05, 3.63) is 53.2 Å². The summed E-state index contributed by atoms with van der Waals surface area (Å²) >= 11 is 5.93. The highest BCUT2D eigenvalue weighted by Gasteiger charge is 2.34. The molecule has 0 bridgehead atoms. The predicted molar refractivity (Wildman–Crippen MR) is 74.3 cm³/mol. The molecule has 92 valence electrons. The van der Waals surface area contributed by atoms with Gasteiger partial charge in [0.15, 0.2) is 0 Å². The summed E-state index contributed by atoms with van der Waals surface area (Å²) in [4.78, 5) is 4.39. The molecule has 3 N–H and O–H groups in total. The van der Waals surface area contributed by atoms with Crippen LogP contribution in [0, 0.1) is 0 Å². The summed E-state index contributed by atoms with van der Waals surface area (Å²) in [5.41, 5.74) is 7.98. The van der Waals surface area contributed by atoms with Crippen LogP contribution in [0.3, 0.4) is 0 Å². The highest BCUT2D eigenvalue weighted by Crippen LogP contribution is 2.38. The number of pyridine rings is 1. The van der Waals surface area contributed by atoms with Gasteiger partial charge in [-0.1, -0.05) is 23.7 Å². The number of nitrogens with two attached hydrogens (primary N) is 1. The Hall–Kier alpha value is -1.58. The molecule has 0 amide bonds. The van der Waals surface area contributed by atoms with Gasteiger partial charge in [-0.3, -0.25) is 0 Å². The molecule has 1 aliphatic carbocycles. The average molecular weight is 260 g/mol. The summed E-state index contributed by atoms with van der Waals surface area (Å²) in [7, 11) is 0. The molecule has 4 heteroatoms. The molecule has 3 nitrogen and oxygen atoms in total. The molecule has 2 atom stereocenters. The van der Waals surface area contributed by atoms with Crippen LogP contribution in [-0.4, -0.2) is 11.0 Å². The lowest BCUT2D eigenvalue weighted by Gasteiger charge is -2.06. The molecule has 0 aliphatic heterocycles. The van der Waals surface area contributed by atoms with E-state index in [1.54, 1.807) is 0 Å². The molecule has 1 saturated carbocycles. The molecule has 1 aromatic carbocycles. The van der Waals surface area contributed by atoms with E-state index in [1.807, 2.05) is 36.5 Å². The number of anilines is 2. The highest BCUT2D eigenvalue weighted by molar-refractivity contribution is 6.30. The van der Waals surface area contributed by atoms with Crippen LogP contribution in [0.25, 0.3) is 0 Å². The first-order chi connectivity index (χ1) is 8.72. The monoisotopic (exact) mass is 259 g/mol. The van der Waals surface area contributed by atoms with Gasteiger partial charge in [-0.05, 0) is 36.2 Å². The lowest BCUT2D eigenvalue weighted by Crippen LogP contribution is -2.01. The second-order valence-electron chi connectivity index (χ2n) is 4.62. The van der Waals surface area contributed by atoms with Gasteiger partial charge in [0.1, 0.15) is 5.82 Å². The highest BCUT2D eigenvalue weighted by atomic mass is 35.5. The van der Waals surface area contributed by atoms with E-state index >= 15 is 0 Å². The van der Waals surface area contributed by atoms with Gasteiger partial charge in [-0.2, -0.15) is 0 Å². The zero-order valence-corrected chi connectivity index (χ0v) is 10.6. The molecule has 1 heterocycles. The number of rotatable bonds is 3. The van der Waals surface area contributed by atoms with Crippen LogP contribution in [0.4, 0.5) is 11.5 Å². The van der Waals surface area contributed by atoms with Crippen LogP contribution in [0.1, 0.15) is 17.9 Å². The van der Waals surface area contributed by atoms with Crippen molar-refractivity contribution in [1.82, 2.24) is 4.98 Å². The van der Waals surface area contributed by atoms with E-state index in [0.717, 1.165) is 17.9 Å². The largest absolute Gasteiger partial charge is 0.340 e. The fourth-order valence-corrected chi connectivity index (χ4v) is 2.20. The van der Waals surface area contributed by atoms with Gasteiger partial charge in [0.2, 0.25) is 0 Å². The molecule has 1 aliphatic rings. The number of aromatic nitrogens is 1.